The highest BCUT2D eigenvalue weighted by molar-refractivity contribution is 8.65. The Morgan fingerprint density at radius 2 is 1.12 bits per heavy atom. The lowest BCUT2D eigenvalue weighted by molar-refractivity contribution is -0.0592. The first-order valence-corrected chi connectivity index (χ1v) is 14.9. The molecule has 0 saturated carbocycles. The maximum absolute atomic E-state index is 13.0. The number of hydrogen-bond donors (Lipinski definition) is 0. The molecule has 3 unspecified atom stereocenters. The van der Waals surface area contributed by atoms with Crippen LogP contribution >= 0.6 is 7.05 Å². The highest BCUT2D eigenvalue weighted by Crippen LogP contribution is 2.48. The van der Waals surface area contributed by atoms with Gasteiger partial charge in [-0.1, -0.05) is 91.0 Å². The van der Waals surface area contributed by atoms with Gasteiger partial charge in [-0.25, -0.2) is 0 Å². The van der Waals surface area contributed by atoms with Crippen LogP contribution < -0.4 is 15.9 Å². The van der Waals surface area contributed by atoms with Crippen molar-refractivity contribution >= 4 is 59.7 Å². The lowest BCUT2D eigenvalue weighted by Crippen LogP contribution is -2.25. The van der Waals surface area contributed by atoms with E-state index in [2.05, 4.69) is 16.3 Å². The summed E-state index contributed by atoms with van der Waals surface area (Å²) in [6.45, 7) is 0. The highest BCUT2D eigenvalue weighted by Gasteiger charge is 2.41. The lowest BCUT2D eigenvalue weighted by Gasteiger charge is -2.26. The van der Waals surface area contributed by atoms with Gasteiger partial charge in [0.05, 0.1) is 7.05 Å². The molecule has 5 rings (SSSR count). The highest BCUT2D eigenvalue weighted by atomic mass is 33.1. The Balaban J connectivity index is 1.75. The molecule has 0 N–H and O–H groups in total. The molecule has 3 aromatic rings. The van der Waals surface area contributed by atoms with Crippen molar-refractivity contribution < 1.29 is 13.2 Å². The van der Waals surface area contributed by atoms with Crippen molar-refractivity contribution in [3.63, 3.8) is 0 Å². The summed E-state index contributed by atoms with van der Waals surface area (Å²) in [6.07, 6.45) is -4.58. The molecule has 12 heteroatoms. The zero-order chi connectivity index (χ0) is 22.2. The first-order chi connectivity index (χ1) is 15.5. The quantitative estimate of drug-likeness (QED) is 0.346. The molecular formula is C20H15F3N5PS3. The van der Waals surface area contributed by atoms with Gasteiger partial charge in [-0.15, -0.1) is 7.54 Å². The summed E-state index contributed by atoms with van der Waals surface area (Å²) in [6, 6.07) is 29.8. The minimum absolute atomic E-state index is 1.02. The predicted molar refractivity (Wildman–Crippen MR) is 130 cm³/mol. The van der Waals surface area contributed by atoms with Gasteiger partial charge in [0, 0.05) is 15.9 Å². The van der Waals surface area contributed by atoms with Crippen LogP contribution in [-0.2, 0) is 30.9 Å². The molecule has 0 fully saturated rings. The molecule has 2 aliphatic heterocycles. The van der Waals surface area contributed by atoms with Crippen LogP contribution in [-0.4, -0.2) is 12.0 Å². The fraction of sp³-hybridized carbons (Fsp3) is 0.0500. The Labute approximate surface area is 190 Å². The van der Waals surface area contributed by atoms with Crippen molar-refractivity contribution in [2.45, 2.75) is 6.18 Å². The smallest absolute Gasteiger partial charge is 0.190 e. The van der Waals surface area contributed by atoms with E-state index in [-0.39, 0.29) is 0 Å². The Kier molecular flexibility index (Phi) is 5.83. The molecule has 32 heavy (non-hydrogen) atoms. The minimum Gasteiger partial charge on any atom is -0.190 e. The van der Waals surface area contributed by atoms with Gasteiger partial charge in [-0.3, -0.25) is 0 Å². The van der Waals surface area contributed by atoms with Crippen LogP contribution in [0.15, 0.2) is 111 Å². The van der Waals surface area contributed by atoms with E-state index in [1.165, 1.54) is 0 Å². The third-order valence-electron chi connectivity index (χ3n) is 4.56. The number of halogens is 3. The van der Waals surface area contributed by atoms with Crippen molar-refractivity contribution in [2.24, 2.45) is 20.4 Å². The molecule has 3 aromatic carbocycles. The average molecular weight is 510 g/mol. The molecule has 2 aliphatic rings. The molecule has 5 nitrogen and oxygen atoms in total. The SMILES string of the molecule is FC(F)(F)C1=NS2=NS(N=P(c3ccccc3)(c3ccccc3)c3ccccc3)=NS2=N1. The third kappa shape index (κ3) is 3.98. The molecule has 0 bridgehead atoms. The van der Waals surface area contributed by atoms with Crippen molar-refractivity contribution in [1.82, 2.24) is 0 Å². The Bertz CT molecular complexity index is 1250. The van der Waals surface area contributed by atoms with Gasteiger partial charge < -0.3 is 0 Å². The van der Waals surface area contributed by atoms with Crippen molar-refractivity contribution in [3.8, 4) is 0 Å². The number of alkyl halides is 3. The normalized spacial score (nSPS) is 22.2. The molecule has 3 atom stereocenters. The maximum atomic E-state index is 13.0. The van der Waals surface area contributed by atoms with E-state index >= 15 is 0 Å². The van der Waals surface area contributed by atoms with E-state index in [0.29, 0.717) is 0 Å². The monoisotopic (exact) mass is 509 g/mol. The molecule has 0 amide bonds. The summed E-state index contributed by atoms with van der Waals surface area (Å²) in [5.74, 6) is -1.13. The number of rotatable bonds is 4. The molecular weight excluding hydrogens is 494 g/mol. The number of amidine groups is 1. The standard InChI is InChI=1S/C20H15F3N5PS3/c21-20(22,23)19-24-31-27-30(28-32(31)25-19)26-29(16-10-4-1-5-11-16,17-12-6-2-7-13-17)18-14-8-3-9-15-18/h1-15H. The summed E-state index contributed by atoms with van der Waals surface area (Å²) in [4.78, 5) is 0. The van der Waals surface area contributed by atoms with Gasteiger partial charge in [0.1, 0.15) is 19.8 Å². The van der Waals surface area contributed by atoms with E-state index in [4.69, 9.17) is 4.15 Å². The van der Waals surface area contributed by atoms with Gasteiger partial charge in [0.15, 0.2) is 11.1 Å². The van der Waals surface area contributed by atoms with E-state index in [0.717, 1.165) is 15.9 Å². The molecule has 0 spiro atoms. The third-order valence-corrected chi connectivity index (χ3v) is 14.6. The number of nitrogens with zero attached hydrogens (tertiary/aromatic N) is 5. The van der Waals surface area contributed by atoms with E-state index in [1.807, 2.05) is 91.0 Å². The van der Waals surface area contributed by atoms with Crippen LogP contribution in [0.1, 0.15) is 0 Å². The molecule has 2 heterocycles. The Morgan fingerprint density at radius 3 is 1.53 bits per heavy atom. The van der Waals surface area contributed by atoms with E-state index in [9.17, 15) is 13.2 Å². The van der Waals surface area contributed by atoms with E-state index in [1.54, 1.807) is 0 Å². The van der Waals surface area contributed by atoms with Crippen molar-refractivity contribution in [3.05, 3.63) is 91.0 Å². The Morgan fingerprint density at radius 1 is 0.656 bits per heavy atom. The fourth-order valence-corrected chi connectivity index (χ4v) is 14.2. The summed E-state index contributed by atoms with van der Waals surface area (Å²) in [5.41, 5.74) is 0. The molecule has 0 aliphatic carbocycles. The van der Waals surface area contributed by atoms with Gasteiger partial charge in [-0.2, -0.15) is 26.1 Å². The summed E-state index contributed by atoms with van der Waals surface area (Å²) < 4.78 is 60.4. The number of hydrogen-bond acceptors (Lipinski definition) is 5. The van der Waals surface area contributed by atoms with Crippen LogP contribution in [0, 0.1) is 0 Å². The lowest BCUT2D eigenvalue weighted by atomic mass is 10.4. The van der Waals surface area contributed by atoms with Gasteiger partial charge in [-0.05, 0) is 0 Å². The predicted octanol–water partition coefficient (Wildman–Crippen LogP) is 5.13. The van der Waals surface area contributed by atoms with Crippen LogP contribution in [0.25, 0.3) is 0 Å². The summed E-state index contributed by atoms with van der Waals surface area (Å²) >= 11 is -1.17. The van der Waals surface area contributed by atoms with Gasteiger partial charge in [0.25, 0.3) is 5.84 Å². The molecule has 0 radical (unpaired) electrons. The van der Waals surface area contributed by atoms with Crippen molar-refractivity contribution in [2.75, 3.05) is 0 Å². The van der Waals surface area contributed by atoms with E-state index < -0.39 is 49.9 Å². The van der Waals surface area contributed by atoms with Crippen LogP contribution in [0.3, 0.4) is 0 Å². The summed E-state index contributed by atoms with van der Waals surface area (Å²) in [5, 5.41) is 3.07. The second-order valence-electron chi connectivity index (χ2n) is 6.58. The second kappa shape index (κ2) is 8.62. The van der Waals surface area contributed by atoms with Crippen molar-refractivity contribution in [1.29, 1.82) is 0 Å². The molecule has 164 valence electrons. The zero-order valence-corrected chi connectivity index (χ0v) is 19.5. The van der Waals surface area contributed by atoms with Gasteiger partial charge >= 0.3 is 6.18 Å². The first kappa shape index (κ1) is 21.6. The Hall–Kier alpha value is -2.20. The van der Waals surface area contributed by atoms with Crippen LogP contribution in [0.4, 0.5) is 13.2 Å². The first-order valence-electron chi connectivity index (χ1n) is 9.31. The maximum Gasteiger partial charge on any atom is 0.453 e. The fourth-order valence-electron chi connectivity index (χ4n) is 3.21. The number of benzene rings is 3. The number of fused-ring (bicyclic) bond motifs is 1. The summed E-state index contributed by atoms with van der Waals surface area (Å²) in [7, 11) is -5.05. The van der Waals surface area contributed by atoms with Crippen LogP contribution in [0.2, 0.25) is 0 Å². The minimum atomic E-state index is -4.58. The largest absolute Gasteiger partial charge is 0.453 e. The van der Waals surface area contributed by atoms with Crippen LogP contribution in [0.5, 0.6) is 0 Å². The molecule has 0 saturated heterocycles. The topological polar surface area (TPSA) is 61.8 Å². The average Bonchev–Trinajstić information content (AvgIpc) is 3.38. The second-order valence-corrected chi connectivity index (χ2v) is 14.8. The zero-order valence-electron chi connectivity index (χ0n) is 16.2. The van der Waals surface area contributed by atoms with Gasteiger partial charge in [0.2, 0.25) is 0 Å². The molecule has 0 aromatic heterocycles.